The summed E-state index contributed by atoms with van der Waals surface area (Å²) in [6.07, 6.45) is 8.47. The van der Waals surface area contributed by atoms with Gasteiger partial charge in [0, 0.05) is 12.4 Å². The minimum Gasteiger partial charge on any atom is -0.411 e. The number of hydrogen-bond acceptors (Lipinski definition) is 3. The second-order valence-corrected chi connectivity index (χ2v) is 3.35. The molecule has 3 heteroatoms. The molecule has 0 fully saturated rings. The van der Waals surface area contributed by atoms with Gasteiger partial charge >= 0.3 is 0 Å². The normalized spacial score (nSPS) is 19.4. The monoisotopic (exact) mass is 188 g/mol. The third-order valence-electron chi connectivity index (χ3n) is 2.40. The van der Waals surface area contributed by atoms with Crippen LogP contribution in [-0.4, -0.2) is 15.9 Å². The van der Waals surface area contributed by atoms with E-state index in [1.54, 1.807) is 12.4 Å². The second-order valence-electron chi connectivity index (χ2n) is 3.35. The summed E-state index contributed by atoms with van der Waals surface area (Å²) in [6.45, 7) is 0. The minimum atomic E-state index is 0.767. The van der Waals surface area contributed by atoms with Crippen LogP contribution in [0.25, 0.3) is 5.57 Å². The molecule has 0 spiro atoms. The lowest BCUT2D eigenvalue weighted by molar-refractivity contribution is 0.318. The fourth-order valence-electron chi connectivity index (χ4n) is 1.68. The van der Waals surface area contributed by atoms with Crippen molar-refractivity contribution in [3.63, 3.8) is 0 Å². The number of hydrogen-bond donors (Lipinski definition) is 1. The minimum absolute atomic E-state index is 0.767. The van der Waals surface area contributed by atoms with Crippen LogP contribution in [0.1, 0.15) is 24.8 Å². The Morgan fingerprint density at radius 3 is 2.71 bits per heavy atom. The third-order valence-corrected chi connectivity index (χ3v) is 2.40. The van der Waals surface area contributed by atoms with Crippen LogP contribution in [0.4, 0.5) is 0 Å². The highest BCUT2D eigenvalue weighted by Crippen LogP contribution is 2.24. The van der Waals surface area contributed by atoms with Crippen LogP contribution in [0.3, 0.4) is 0 Å². The van der Waals surface area contributed by atoms with Crippen molar-refractivity contribution in [2.75, 3.05) is 0 Å². The molecular formula is C11H12N2O. The summed E-state index contributed by atoms with van der Waals surface area (Å²) in [5, 5.41) is 11.9. The van der Waals surface area contributed by atoms with Crippen molar-refractivity contribution in [1.82, 2.24) is 4.98 Å². The van der Waals surface area contributed by atoms with Gasteiger partial charge < -0.3 is 5.21 Å². The maximum atomic E-state index is 8.69. The van der Waals surface area contributed by atoms with Crippen LogP contribution in [-0.2, 0) is 0 Å². The molecule has 0 atom stereocenters. The Bertz CT molecular complexity index is 368. The van der Waals surface area contributed by atoms with Gasteiger partial charge in [-0.3, -0.25) is 4.98 Å². The number of aromatic nitrogens is 1. The molecule has 0 saturated carbocycles. The lowest BCUT2D eigenvalue weighted by Crippen LogP contribution is -2.02. The molecule has 1 aromatic rings. The highest BCUT2D eigenvalue weighted by Gasteiger charge is 2.10. The molecule has 0 bridgehead atoms. The summed E-state index contributed by atoms with van der Waals surface area (Å²) in [5.41, 5.74) is 3.16. The van der Waals surface area contributed by atoms with Crippen LogP contribution in [0, 0.1) is 0 Å². The highest BCUT2D eigenvalue weighted by molar-refractivity contribution is 6.01. The molecule has 0 radical (unpaired) electrons. The Morgan fingerprint density at radius 1 is 1.21 bits per heavy atom. The average molecular weight is 188 g/mol. The van der Waals surface area contributed by atoms with Crippen LogP contribution >= 0.6 is 0 Å². The fourth-order valence-corrected chi connectivity index (χ4v) is 1.68. The number of allylic oxidation sites excluding steroid dienone is 2. The van der Waals surface area contributed by atoms with E-state index in [4.69, 9.17) is 5.21 Å². The van der Waals surface area contributed by atoms with E-state index in [0.29, 0.717) is 0 Å². The average Bonchev–Trinajstić information content (AvgIpc) is 2.30. The first-order valence-electron chi connectivity index (χ1n) is 4.72. The third kappa shape index (κ3) is 1.82. The van der Waals surface area contributed by atoms with Crippen molar-refractivity contribution in [3.05, 3.63) is 36.2 Å². The molecule has 72 valence electrons. The van der Waals surface area contributed by atoms with E-state index in [1.165, 1.54) is 11.1 Å². The van der Waals surface area contributed by atoms with Gasteiger partial charge in [0.2, 0.25) is 0 Å². The molecule has 0 saturated heterocycles. The number of nitrogens with zero attached hydrogens (tertiary/aromatic N) is 2. The first-order valence-corrected chi connectivity index (χ1v) is 4.72. The Labute approximate surface area is 82.8 Å². The topological polar surface area (TPSA) is 45.5 Å². The quantitative estimate of drug-likeness (QED) is 0.543. The van der Waals surface area contributed by atoms with Crippen molar-refractivity contribution in [2.45, 2.75) is 19.3 Å². The summed E-state index contributed by atoms with van der Waals surface area (Å²) in [5.74, 6) is 0. The maximum Gasteiger partial charge on any atom is 0.0798 e. The summed E-state index contributed by atoms with van der Waals surface area (Å²) in [7, 11) is 0. The van der Waals surface area contributed by atoms with Crippen LogP contribution in [0.2, 0.25) is 0 Å². The van der Waals surface area contributed by atoms with E-state index in [0.717, 1.165) is 25.0 Å². The van der Waals surface area contributed by atoms with E-state index in [1.807, 2.05) is 18.2 Å². The Hall–Kier alpha value is -1.64. The molecular weight excluding hydrogens is 176 g/mol. The lowest BCUT2D eigenvalue weighted by Gasteiger charge is -2.13. The first kappa shape index (κ1) is 8.94. The zero-order valence-electron chi connectivity index (χ0n) is 7.85. The van der Waals surface area contributed by atoms with Gasteiger partial charge in [-0.15, -0.1) is 0 Å². The molecule has 1 heterocycles. The SMILES string of the molecule is O/N=C1\C=C(c2ccncc2)CCC1. The molecule has 0 aliphatic heterocycles. The van der Waals surface area contributed by atoms with Crippen molar-refractivity contribution in [1.29, 1.82) is 0 Å². The predicted molar refractivity (Wildman–Crippen MR) is 55.3 cm³/mol. The van der Waals surface area contributed by atoms with Gasteiger partial charge in [0.1, 0.15) is 0 Å². The van der Waals surface area contributed by atoms with Gasteiger partial charge in [-0.2, -0.15) is 0 Å². The van der Waals surface area contributed by atoms with E-state index < -0.39 is 0 Å². The van der Waals surface area contributed by atoms with Gasteiger partial charge in [-0.1, -0.05) is 5.16 Å². The summed E-state index contributed by atoms with van der Waals surface area (Å²) < 4.78 is 0. The standard InChI is InChI=1S/C11H12N2O/c14-13-11-3-1-2-10(8-11)9-4-6-12-7-5-9/h4-8,14H,1-3H2/b13-11-. The van der Waals surface area contributed by atoms with E-state index in [-0.39, 0.29) is 0 Å². The van der Waals surface area contributed by atoms with Crippen molar-refractivity contribution >= 4 is 11.3 Å². The molecule has 3 nitrogen and oxygen atoms in total. The van der Waals surface area contributed by atoms with E-state index in [9.17, 15) is 0 Å². The Kier molecular flexibility index (Phi) is 2.58. The fraction of sp³-hybridized carbons (Fsp3) is 0.273. The maximum absolute atomic E-state index is 8.69. The number of pyridine rings is 1. The van der Waals surface area contributed by atoms with Crippen LogP contribution in [0.5, 0.6) is 0 Å². The van der Waals surface area contributed by atoms with E-state index >= 15 is 0 Å². The van der Waals surface area contributed by atoms with Crippen molar-refractivity contribution in [2.24, 2.45) is 5.16 Å². The summed E-state index contributed by atoms with van der Waals surface area (Å²) in [4.78, 5) is 3.97. The molecule has 0 aromatic carbocycles. The summed E-state index contributed by atoms with van der Waals surface area (Å²) in [6, 6.07) is 3.96. The molecule has 0 unspecified atom stereocenters. The highest BCUT2D eigenvalue weighted by atomic mass is 16.4. The first-order chi connectivity index (χ1) is 6.90. The van der Waals surface area contributed by atoms with Gasteiger partial charge in [-0.05, 0) is 48.6 Å². The smallest absolute Gasteiger partial charge is 0.0798 e. The second kappa shape index (κ2) is 4.05. The molecule has 2 rings (SSSR count). The van der Waals surface area contributed by atoms with Crippen molar-refractivity contribution in [3.8, 4) is 0 Å². The molecule has 1 N–H and O–H groups in total. The Morgan fingerprint density at radius 2 is 2.00 bits per heavy atom. The van der Waals surface area contributed by atoms with Gasteiger partial charge in [0.15, 0.2) is 0 Å². The number of rotatable bonds is 1. The molecule has 0 amide bonds. The van der Waals surface area contributed by atoms with E-state index in [2.05, 4.69) is 10.1 Å². The lowest BCUT2D eigenvalue weighted by atomic mass is 9.93. The molecule has 1 aliphatic rings. The summed E-state index contributed by atoms with van der Waals surface area (Å²) >= 11 is 0. The van der Waals surface area contributed by atoms with Crippen molar-refractivity contribution < 1.29 is 5.21 Å². The molecule has 14 heavy (non-hydrogen) atoms. The predicted octanol–water partition coefficient (Wildman–Crippen LogP) is 2.48. The Balaban J connectivity index is 2.31. The molecule has 1 aromatic heterocycles. The van der Waals surface area contributed by atoms with Gasteiger partial charge in [-0.25, -0.2) is 0 Å². The zero-order valence-corrected chi connectivity index (χ0v) is 7.85. The zero-order chi connectivity index (χ0) is 9.80. The van der Waals surface area contributed by atoms with Gasteiger partial charge in [0.25, 0.3) is 0 Å². The largest absolute Gasteiger partial charge is 0.411 e. The van der Waals surface area contributed by atoms with Crippen LogP contribution in [0.15, 0.2) is 35.8 Å². The number of oxime groups is 1. The van der Waals surface area contributed by atoms with Crippen LogP contribution < -0.4 is 0 Å². The molecule has 1 aliphatic carbocycles. The van der Waals surface area contributed by atoms with Gasteiger partial charge in [0.05, 0.1) is 5.71 Å².